The molecule has 0 saturated heterocycles. The molecular weight excluding hydrogens is 268 g/mol. The molecule has 0 bridgehead atoms. The van der Waals surface area contributed by atoms with E-state index >= 15 is 0 Å². The number of benzene rings is 3. The fourth-order valence-corrected chi connectivity index (χ4v) is 2.72. The van der Waals surface area contributed by atoms with Crippen molar-refractivity contribution in [1.29, 1.82) is 0 Å². The van der Waals surface area contributed by atoms with Gasteiger partial charge in [0.1, 0.15) is 6.10 Å². The quantitative estimate of drug-likeness (QED) is 0.715. The third-order valence-electron chi connectivity index (χ3n) is 4.06. The van der Waals surface area contributed by atoms with Crippen LogP contribution in [0.4, 0.5) is 0 Å². The number of aliphatic hydroxyl groups is 1. The number of rotatable bonds is 3. The van der Waals surface area contributed by atoms with Gasteiger partial charge in [0.2, 0.25) is 0 Å². The van der Waals surface area contributed by atoms with E-state index in [9.17, 15) is 5.11 Å². The van der Waals surface area contributed by atoms with Crippen molar-refractivity contribution in [1.82, 2.24) is 0 Å². The van der Waals surface area contributed by atoms with E-state index < -0.39 is 6.10 Å². The van der Waals surface area contributed by atoms with Crippen LogP contribution in [0.15, 0.2) is 72.8 Å². The van der Waals surface area contributed by atoms with Crippen LogP contribution in [0.25, 0.3) is 11.1 Å². The van der Waals surface area contributed by atoms with Gasteiger partial charge in [0, 0.05) is 0 Å². The van der Waals surface area contributed by atoms with Crippen molar-refractivity contribution >= 4 is 0 Å². The molecule has 0 aliphatic heterocycles. The lowest BCUT2D eigenvalue weighted by molar-refractivity contribution is 0.219. The molecule has 1 unspecified atom stereocenters. The smallest absolute Gasteiger partial charge is 0.104 e. The van der Waals surface area contributed by atoms with Gasteiger partial charge in [0.05, 0.1) is 0 Å². The normalized spacial score (nSPS) is 12.1. The molecule has 0 fully saturated rings. The third kappa shape index (κ3) is 2.95. The largest absolute Gasteiger partial charge is 0.384 e. The van der Waals surface area contributed by atoms with Crippen molar-refractivity contribution in [2.24, 2.45) is 0 Å². The van der Waals surface area contributed by atoms with E-state index in [4.69, 9.17) is 0 Å². The van der Waals surface area contributed by atoms with Crippen molar-refractivity contribution < 1.29 is 5.11 Å². The summed E-state index contributed by atoms with van der Waals surface area (Å²) in [5.41, 5.74) is 6.54. The summed E-state index contributed by atoms with van der Waals surface area (Å²) in [6.45, 7) is 4.09. The van der Waals surface area contributed by atoms with Crippen LogP contribution in [0.1, 0.15) is 28.4 Å². The highest BCUT2D eigenvalue weighted by molar-refractivity contribution is 5.63. The first-order chi connectivity index (χ1) is 10.6. The SMILES string of the molecule is Cc1ccc(C)c(C(O)c2ccc(-c3ccccc3)cc2)c1. The summed E-state index contributed by atoms with van der Waals surface area (Å²) in [5.74, 6) is 0. The first-order valence-corrected chi connectivity index (χ1v) is 7.56. The number of aryl methyl sites for hydroxylation is 2. The lowest BCUT2D eigenvalue weighted by Crippen LogP contribution is -2.02. The highest BCUT2D eigenvalue weighted by atomic mass is 16.3. The molecule has 3 aromatic rings. The average Bonchev–Trinajstić information content (AvgIpc) is 2.57. The summed E-state index contributed by atoms with van der Waals surface area (Å²) in [7, 11) is 0. The van der Waals surface area contributed by atoms with Gasteiger partial charge in [-0.3, -0.25) is 0 Å². The molecule has 1 atom stereocenters. The second-order valence-corrected chi connectivity index (χ2v) is 5.75. The fraction of sp³-hybridized carbons (Fsp3) is 0.143. The van der Waals surface area contributed by atoms with E-state index in [1.807, 2.05) is 44.2 Å². The maximum absolute atomic E-state index is 10.7. The molecule has 0 spiro atoms. The van der Waals surface area contributed by atoms with Gasteiger partial charge in [0.25, 0.3) is 0 Å². The molecular formula is C21H20O. The minimum Gasteiger partial charge on any atom is -0.384 e. The molecule has 1 heteroatoms. The van der Waals surface area contributed by atoms with Crippen LogP contribution in [0.5, 0.6) is 0 Å². The Labute approximate surface area is 131 Å². The molecule has 3 aromatic carbocycles. The Balaban J connectivity index is 1.91. The van der Waals surface area contributed by atoms with Gasteiger partial charge in [-0.05, 0) is 41.7 Å². The Bertz CT molecular complexity index is 758. The average molecular weight is 288 g/mol. The molecule has 110 valence electrons. The van der Waals surface area contributed by atoms with E-state index in [1.54, 1.807) is 0 Å². The molecule has 0 radical (unpaired) electrons. The third-order valence-corrected chi connectivity index (χ3v) is 4.06. The first-order valence-electron chi connectivity index (χ1n) is 7.56. The highest BCUT2D eigenvalue weighted by Gasteiger charge is 2.13. The van der Waals surface area contributed by atoms with Crippen LogP contribution in [-0.4, -0.2) is 5.11 Å². The van der Waals surface area contributed by atoms with E-state index in [0.29, 0.717) is 0 Å². The molecule has 0 saturated carbocycles. The topological polar surface area (TPSA) is 20.2 Å². The number of aliphatic hydroxyl groups excluding tert-OH is 1. The highest BCUT2D eigenvalue weighted by Crippen LogP contribution is 2.28. The van der Waals surface area contributed by atoms with Crippen molar-refractivity contribution in [3.05, 3.63) is 95.1 Å². The minimum atomic E-state index is -0.579. The Morgan fingerprint density at radius 1 is 0.727 bits per heavy atom. The molecule has 0 aliphatic rings. The molecule has 0 amide bonds. The van der Waals surface area contributed by atoms with Crippen molar-refractivity contribution in [2.75, 3.05) is 0 Å². The van der Waals surface area contributed by atoms with Gasteiger partial charge >= 0.3 is 0 Å². The standard InChI is InChI=1S/C21H20O/c1-15-8-9-16(2)20(14-15)21(22)19-12-10-18(11-13-19)17-6-4-3-5-7-17/h3-14,21-22H,1-2H3. The van der Waals surface area contributed by atoms with Crippen LogP contribution >= 0.6 is 0 Å². The summed E-state index contributed by atoms with van der Waals surface area (Å²) in [4.78, 5) is 0. The summed E-state index contributed by atoms with van der Waals surface area (Å²) in [5, 5.41) is 10.7. The van der Waals surface area contributed by atoms with Crippen molar-refractivity contribution in [3.63, 3.8) is 0 Å². The molecule has 0 aliphatic carbocycles. The lowest BCUT2D eigenvalue weighted by Gasteiger charge is -2.15. The monoisotopic (exact) mass is 288 g/mol. The molecule has 1 nitrogen and oxygen atoms in total. The van der Waals surface area contributed by atoms with Gasteiger partial charge in [-0.15, -0.1) is 0 Å². The Morgan fingerprint density at radius 2 is 1.36 bits per heavy atom. The van der Waals surface area contributed by atoms with Crippen LogP contribution < -0.4 is 0 Å². The minimum absolute atomic E-state index is 0.579. The zero-order valence-electron chi connectivity index (χ0n) is 13.0. The van der Waals surface area contributed by atoms with Crippen LogP contribution in [-0.2, 0) is 0 Å². The predicted molar refractivity (Wildman–Crippen MR) is 91.9 cm³/mol. The van der Waals surface area contributed by atoms with Gasteiger partial charge in [-0.1, -0.05) is 78.4 Å². The fourth-order valence-electron chi connectivity index (χ4n) is 2.72. The summed E-state index contributed by atoms with van der Waals surface area (Å²) in [6.07, 6.45) is -0.579. The summed E-state index contributed by atoms with van der Waals surface area (Å²) in [6, 6.07) is 24.6. The Morgan fingerprint density at radius 3 is 2.05 bits per heavy atom. The Kier molecular flexibility index (Phi) is 4.08. The lowest BCUT2D eigenvalue weighted by atomic mass is 9.94. The maximum Gasteiger partial charge on any atom is 0.104 e. The van der Waals surface area contributed by atoms with Gasteiger partial charge in [-0.2, -0.15) is 0 Å². The van der Waals surface area contributed by atoms with E-state index in [0.717, 1.165) is 22.3 Å². The second-order valence-electron chi connectivity index (χ2n) is 5.75. The molecule has 22 heavy (non-hydrogen) atoms. The molecule has 3 rings (SSSR count). The number of hydrogen-bond acceptors (Lipinski definition) is 1. The second kappa shape index (κ2) is 6.17. The zero-order chi connectivity index (χ0) is 15.5. The van der Waals surface area contributed by atoms with E-state index in [-0.39, 0.29) is 0 Å². The van der Waals surface area contributed by atoms with Crippen molar-refractivity contribution in [3.8, 4) is 11.1 Å². The van der Waals surface area contributed by atoms with Crippen LogP contribution in [0.3, 0.4) is 0 Å². The van der Waals surface area contributed by atoms with Crippen LogP contribution in [0, 0.1) is 13.8 Å². The number of hydrogen-bond donors (Lipinski definition) is 1. The Hall–Kier alpha value is -2.38. The van der Waals surface area contributed by atoms with Crippen molar-refractivity contribution in [2.45, 2.75) is 20.0 Å². The molecule has 0 heterocycles. The predicted octanol–water partition coefficient (Wildman–Crippen LogP) is 5.05. The maximum atomic E-state index is 10.7. The molecule has 1 N–H and O–H groups in total. The zero-order valence-corrected chi connectivity index (χ0v) is 13.0. The van der Waals surface area contributed by atoms with E-state index in [2.05, 4.69) is 42.5 Å². The van der Waals surface area contributed by atoms with E-state index in [1.165, 1.54) is 11.1 Å². The van der Waals surface area contributed by atoms with Gasteiger partial charge in [-0.25, -0.2) is 0 Å². The summed E-state index contributed by atoms with van der Waals surface area (Å²) < 4.78 is 0. The van der Waals surface area contributed by atoms with Gasteiger partial charge in [0.15, 0.2) is 0 Å². The van der Waals surface area contributed by atoms with Gasteiger partial charge < -0.3 is 5.11 Å². The first kappa shape index (κ1) is 14.6. The van der Waals surface area contributed by atoms with Crippen LogP contribution in [0.2, 0.25) is 0 Å². The molecule has 0 aromatic heterocycles. The summed E-state index contributed by atoms with van der Waals surface area (Å²) >= 11 is 0.